The SMILES string of the molecule is Cc1cc(Nc2ncc(F)c(N[C@@]3(C(=O)OC4(C(C)C)CCC[C@@H](C)C4)CC4C=CC3C4)n2)ccc1N1CCN(C)CC1. The van der Waals surface area contributed by atoms with Crippen molar-refractivity contribution in [1.82, 2.24) is 14.9 Å². The van der Waals surface area contributed by atoms with Crippen LogP contribution in [0.15, 0.2) is 36.5 Å². The molecule has 1 saturated heterocycles. The fraction of sp³-hybridized carbons (Fsp3) is 0.618. The van der Waals surface area contributed by atoms with Crippen molar-refractivity contribution in [2.24, 2.45) is 23.7 Å². The Kier molecular flexibility index (Phi) is 8.13. The number of hydrogen-bond donors (Lipinski definition) is 2. The lowest BCUT2D eigenvalue weighted by molar-refractivity contribution is -0.178. The van der Waals surface area contributed by atoms with E-state index >= 15 is 4.39 Å². The van der Waals surface area contributed by atoms with Crippen LogP contribution in [-0.4, -0.2) is 65.2 Å². The van der Waals surface area contributed by atoms with Crippen molar-refractivity contribution in [2.75, 3.05) is 48.8 Å². The zero-order chi connectivity index (χ0) is 30.4. The number of esters is 1. The molecule has 2 heterocycles. The van der Waals surface area contributed by atoms with Crippen LogP contribution in [0.3, 0.4) is 0 Å². The summed E-state index contributed by atoms with van der Waals surface area (Å²) in [4.78, 5) is 27.8. The molecule has 3 unspecified atom stereocenters. The number of nitrogens with zero attached hydrogens (tertiary/aromatic N) is 4. The monoisotopic (exact) mass is 590 g/mol. The Morgan fingerprint density at radius 1 is 1.16 bits per heavy atom. The molecule has 6 rings (SSSR count). The average molecular weight is 591 g/mol. The second-order valence-electron chi connectivity index (χ2n) is 13.9. The molecule has 1 aromatic heterocycles. The molecule has 0 spiro atoms. The van der Waals surface area contributed by atoms with Crippen LogP contribution in [0.2, 0.25) is 0 Å². The van der Waals surface area contributed by atoms with Crippen molar-refractivity contribution in [3.8, 4) is 0 Å². The molecule has 1 aromatic carbocycles. The van der Waals surface area contributed by atoms with Gasteiger partial charge >= 0.3 is 5.97 Å². The van der Waals surface area contributed by atoms with Gasteiger partial charge in [-0.1, -0.05) is 39.3 Å². The normalized spacial score (nSPS) is 30.6. The van der Waals surface area contributed by atoms with Crippen LogP contribution >= 0.6 is 0 Å². The van der Waals surface area contributed by atoms with Crippen LogP contribution in [0.4, 0.5) is 27.5 Å². The number of rotatable bonds is 8. The van der Waals surface area contributed by atoms with E-state index in [1.54, 1.807) is 0 Å². The molecule has 2 bridgehead atoms. The van der Waals surface area contributed by atoms with Gasteiger partial charge in [0.05, 0.1) is 6.20 Å². The quantitative estimate of drug-likeness (QED) is 0.273. The number of hydrogen-bond acceptors (Lipinski definition) is 8. The first kappa shape index (κ1) is 29.9. The molecule has 2 N–H and O–H groups in total. The molecule has 43 heavy (non-hydrogen) atoms. The van der Waals surface area contributed by atoms with E-state index in [1.807, 2.05) is 6.07 Å². The number of carbonyl (C=O) groups excluding carboxylic acids is 1. The fourth-order valence-corrected chi connectivity index (χ4v) is 7.83. The molecule has 232 valence electrons. The van der Waals surface area contributed by atoms with Gasteiger partial charge in [-0.05, 0) is 87.6 Å². The third-order valence-electron chi connectivity index (χ3n) is 10.5. The van der Waals surface area contributed by atoms with E-state index in [0.717, 1.165) is 69.5 Å². The molecule has 0 radical (unpaired) electrons. The van der Waals surface area contributed by atoms with E-state index in [9.17, 15) is 4.79 Å². The maximum Gasteiger partial charge on any atom is 0.333 e. The Hall–Kier alpha value is -3.20. The lowest BCUT2D eigenvalue weighted by Gasteiger charge is -2.45. The molecule has 2 saturated carbocycles. The number of aryl methyl sites for hydroxylation is 1. The predicted molar refractivity (Wildman–Crippen MR) is 169 cm³/mol. The minimum Gasteiger partial charge on any atom is -0.457 e. The topological polar surface area (TPSA) is 82.6 Å². The third kappa shape index (κ3) is 5.85. The molecule has 2 aromatic rings. The highest BCUT2D eigenvalue weighted by Gasteiger charge is 2.57. The van der Waals surface area contributed by atoms with Crippen LogP contribution in [0.5, 0.6) is 0 Å². The van der Waals surface area contributed by atoms with E-state index in [4.69, 9.17) is 4.74 Å². The molecule has 9 heteroatoms. The lowest BCUT2D eigenvalue weighted by atomic mass is 9.72. The predicted octanol–water partition coefficient (Wildman–Crippen LogP) is 6.31. The second-order valence-corrected chi connectivity index (χ2v) is 13.9. The summed E-state index contributed by atoms with van der Waals surface area (Å²) >= 11 is 0. The van der Waals surface area contributed by atoms with E-state index in [-0.39, 0.29) is 35.5 Å². The molecular weight excluding hydrogens is 543 g/mol. The summed E-state index contributed by atoms with van der Waals surface area (Å²) in [6, 6.07) is 6.20. The van der Waals surface area contributed by atoms with Gasteiger partial charge in [0.15, 0.2) is 11.6 Å². The Labute approximate surface area is 255 Å². The number of ether oxygens (including phenoxy) is 1. The average Bonchev–Trinajstić information content (AvgIpc) is 3.58. The van der Waals surface area contributed by atoms with Gasteiger partial charge in [-0.3, -0.25) is 0 Å². The van der Waals surface area contributed by atoms with Crippen LogP contribution in [0, 0.1) is 36.4 Å². The third-order valence-corrected chi connectivity index (χ3v) is 10.5. The highest BCUT2D eigenvalue weighted by molar-refractivity contribution is 5.87. The molecule has 0 amide bonds. The van der Waals surface area contributed by atoms with Gasteiger partial charge < -0.3 is 25.2 Å². The molecule has 1 aliphatic heterocycles. The van der Waals surface area contributed by atoms with E-state index in [1.165, 1.54) is 11.9 Å². The fourth-order valence-electron chi connectivity index (χ4n) is 7.83. The summed E-state index contributed by atoms with van der Waals surface area (Å²) in [6.07, 6.45) is 10.8. The number of allylic oxidation sites excluding steroid dienone is 1. The molecular formula is C34H47FN6O2. The van der Waals surface area contributed by atoms with Gasteiger partial charge in [0.2, 0.25) is 5.95 Å². The highest BCUT2D eigenvalue weighted by Crippen LogP contribution is 2.50. The zero-order valence-corrected chi connectivity index (χ0v) is 26.3. The van der Waals surface area contributed by atoms with Crippen molar-refractivity contribution in [2.45, 2.75) is 77.4 Å². The van der Waals surface area contributed by atoms with Gasteiger partial charge in [0, 0.05) is 43.5 Å². The summed E-state index contributed by atoms with van der Waals surface area (Å²) in [7, 11) is 2.15. The molecule has 4 aliphatic rings. The molecule has 8 nitrogen and oxygen atoms in total. The van der Waals surface area contributed by atoms with Crippen molar-refractivity contribution < 1.29 is 13.9 Å². The summed E-state index contributed by atoms with van der Waals surface area (Å²) < 4.78 is 21.9. The Balaban J connectivity index is 1.23. The van der Waals surface area contributed by atoms with Crippen molar-refractivity contribution in [3.05, 3.63) is 47.9 Å². The smallest absolute Gasteiger partial charge is 0.333 e. The standard InChI is InChI=1S/C34H47FN6O2/c1-22(2)33(12-6-7-23(3)19-33)43-31(42)34(20-25-8-9-26(34)18-25)39-30-28(35)21-36-32(38-30)37-27-10-11-29(24(4)17-27)41-15-13-40(5)14-16-41/h8-11,17,21-23,25-26H,6-7,12-16,18-20H2,1-5H3,(H2,36,37,38,39)/t23-,25?,26?,33?,34+/m1/s1. The number of anilines is 4. The number of nitrogens with one attached hydrogen (secondary N) is 2. The van der Waals surface area contributed by atoms with E-state index < -0.39 is 17.0 Å². The first-order valence-electron chi connectivity index (χ1n) is 16.1. The van der Waals surface area contributed by atoms with Crippen LogP contribution in [0.1, 0.15) is 64.9 Å². The molecule has 5 atom stereocenters. The minimum atomic E-state index is -1.06. The Morgan fingerprint density at radius 3 is 2.60 bits per heavy atom. The lowest BCUT2D eigenvalue weighted by Crippen LogP contribution is -2.56. The number of piperazine rings is 1. The van der Waals surface area contributed by atoms with Crippen molar-refractivity contribution >= 4 is 29.1 Å². The number of fused-ring (bicyclic) bond motifs is 2. The second kappa shape index (κ2) is 11.7. The highest BCUT2D eigenvalue weighted by atomic mass is 19.1. The maximum absolute atomic E-state index is 15.3. The van der Waals surface area contributed by atoms with Gasteiger partial charge in [-0.2, -0.15) is 4.98 Å². The van der Waals surface area contributed by atoms with Crippen molar-refractivity contribution in [1.29, 1.82) is 0 Å². The Morgan fingerprint density at radius 2 is 1.95 bits per heavy atom. The molecule has 3 fully saturated rings. The van der Waals surface area contributed by atoms with Gasteiger partial charge in [0.25, 0.3) is 0 Å². The first-order chi connectivity index (χ1) is 20.6. The number of benzene rings is 1. The van der Waals surface area contributed by atoms with Gasteiger partial charge in [-0.25, -0.2) is 14.2 Å². The van der Waals surface area contributed by atoms with Crippen LogP contribution < -0.4 is 15.5 Å². The number of halogens is 1. The summed E-state index contributed by atoms with van der Waals surface area (Å²) in [6.45, 7) is 12.7. The van der Waals surface area contributed by atoms with Crippen LogP contribution in [0.25, 0.3) is 0 Å². The maximum atomic E-state index is 15.3. The van der Waals surface area contributed by atoms with Gasteiger partial charge in [-0.15, -0.1) is 0 Å². The molecule has 3 aliphatic carbocycles. The van der Waals surface area contributed by atoms with E-state index in [2.05, 4.69) is 89.4 Å². The zero-order valence-electron chi connectivity index (χ0n) is 26.3. The van der Waals surface area contributed by atoms with Crippen LogP contribution in [-0.2, 0) is 9.53 Å². The number of carbonyl (C=O) groups is 1. The first-order valence-corrected chi connectivity index (χ1v) is 16.1. The Bertz CT molecular complexity index is 1370. The summed E-state index contributed by atoms with van der Waals surface area (Å²) in [5.74, 6) is 0.309. The number of likely N-dealkylation sites (N-methyl/N-ethyl adjacent to an activating group) is 1. The summed E-state index contributed by atoms with van der Waals surface area (Å²) in [5.41, 5.74) is 1.64. The van der Waals surface area contributed by atoms with E-state index in [0.29, 0.717) is 12.3 Å². The number of aromatic nitrogens is 2. The largest absolute Gasteiger partial charge is 0.457 e. The van der Waals surface area contributed by atoms with Gasteiger partial charge in [0.1, 0.15) is 11.1 Å². The minimum absolute atomic E-state index is 0.0248. The summed E-state index contributed by atoms with van der Waals surface area (Å²) in [5, 5.41) is 6.56. The van der Waals surface area contributed by atoms with Crippen molar-refractivity contribution in [3.63, 3.8) is 0 Å².